The summed E-state index contributed by atoms with van der Waals surface area (Å²) in [5.41, 5.74) is 3.53. The molecule has 0 atom stereocenters. The highest BCUT2D eigenvalue weighted by atomic mass is 32.2. The van der Waals surface area contributed by atoms with E-state index in [1.54, 1.807) is 6.07 Å². The van der Waals surface area contributed by atoms with Crippen molar-refractivity contribution in [1.29, 1.82) is 5.26 Å². The topological polar surface area (TPSA) is 99.1 Å². The predicted molar refractivity (Wildman–Crippen MR) is 98.3 cm³/mol. The van der Waals surface area contributed by atoms with E-state index in [1.165, 1.54) is 29.3 Å². The van der Waals surface area contributed by atoms with Crippen molar-refractivity contribution in [3.63, 3.8) is 0 Å². The maximum Gasteiger partial charge on any atom is 0.255 e. The lowest BCUT2D eigenvalue weighted by molar-refractivity contribution is 0.102. The summed E-state index contributed by atoms with van der Waals surface area (Å²) in [7, 11) is -3.75. The molecule has 2 N–H and O–H groups in total. The monoisotopic (exact) mass is 369 g/mol. The number of nitrogens with zero attached hydrogens (tertiary/aromatic N) is 1. The number of hydrogen-bond donors (Lipinski definition) is 2. The van der Waals surface area contributed by atoms with Crippen molar-refractivity contribution in [3.05, 3.63) is 59.2 Å². The van der Waals surface area contributed by atoms with Gasteiger partial charge in [0.15, 0.2) is 0 Å². The highest BCUT2D eigenvalue weighted by Gasteiger charge is 2.17. The lowest BCUT2D eigenvalue weighted by atomic mass is 10.1. The van der Waals surface area contributed by atoms with Gasteiger partial charge in [-0.3, -0.25) is 4.79 Å². The van der Waals surface area contributed by atoms with Gasteiger partial charge in [-0.25, -0.2) is 13.1 Å². The summed E-state index contributed by atoms with van der Waals surface area (Å²) in [6.07, 6.45) is 3.30. The molecule has 3 rings (SSSR count). The molecule has 0 fully saturated rings. The van der Waals surface area contributed by atoms with Crippen LogP contribution in [-0.4, -0.2) is 20.9 Å². The zero-order valence-corrected chi connectivity index (χ0v) is 15.0. The second kappa shape index (κ2) is 7.68. The van der Waals surface area contributed by atoms with Gasteiger partial charge in [-0.15, -0.1) is 0 Å². The summed E-state index contributed by atoms with van der Waals surface area (Å²) >= 11 is 0. The Kier molecular flexibility index (Phi) is 5.35. The quantitative estimate of drug-likeness (QED) is 0.765. The molecular weight excluding hydrogens is 350 g/mol. The van der Waals surface area contributed by atoms with Crippen LogP contribution >= 0.6 is 0 Å². The summed E-state index contributed by atoms with van der Waals surface area (Å²) in [6, 6.07) is 13.6. The first-order chi connectivity index (χ1) is 12.5. The van der Waals surface area contributed by atoms with Crippen molar-refractivity contribution in [3.8, 4) is 6.07 Å². The van der Waals surface area contributed by atoms with Gasteiger partial charge in [-0.2, -0.15) is 5.26 Å². The third kappa shape index (κ3) is 4.10. The van der Waals surface area contributed by atoms with Gasteiger partial charge in [-0.05, 0) is 60.7 Å². The Morgan fingerprint density at radius 3 is 2.73 bits per heavy atom. The van der Waals surface area contributed by atoms with Gasteiger partial charge in [0.1, 0.15) is 0 Å². The van der Waals surface area contributed by atoms with E-state index in [1.807, 2.05) is 24.3 Å². The number of hydrogen-bond acceptors (Lipinski definition) is 4. The van der Waals surface area contributed by atoms with E-state index in [-0.39, 0.29) is 29.3 Å². The van der Waals surface area contributed by atoms with Crippen LogP contribution in [0, 0.1) is 11.3 Å². The third-order valence-electron chi connectivity index (χ3n) is 4.29. The van der Waals surface area contributed by atoms with Gasteiger partial charge in [0, 0.05) is 24.2 Å². The molecule has 0 saturated heterocycles. The molecule has 0 bridgehead atoms. The van der Waals surface area contributed by atoms with Gasteiger partial charge in [0.2, 0.25) is 10.0 Å². The summed E-state index contributed by atoms with van der Waals surface area (Å²) in [5.74, 6) is -0.364. The Bertz CT molecular complexity index is 978. The smallest absolute Gasteiger partial charge is 0.255 e. The SMILES string of the molecule is N#CCCNS(=O)(=O)c1cccc(C(=O)Nc2ccc3c(c2)CCC3)c1. The predicted octanol–water partition coefficient (Wildman–Crippen LogP) is 2.62. The number of rotatable bonds is 6. The van der Waals surface area contributed by atoms with Crippen LogP contribution in [0.15, 0.2) is 47.4 Å². The molecule has 6 nitrogen and oxygen atoms in total. The summed E-state index contributed by atoms with van der Waals surface area (Å²) in [4.78, 5) is 12.5. The van der Waals surface area contributed by atoms with E-state index in [2.05, 4.69) is 10.0 Å². The molecule has 0 radical (unpaired) electrons. The Morgan fingerprint density at radius 2 is 1.92 bits per heavy atom. The van der Waals surface area contributed by atoms with Crippen molar-refractivity contribution in [1.82, 2.24) is 4.72 Å². The maximum atomic E-state index is 12.5. The first kappa shape index (κ1) is 18.1. The molecular formula is C19H19N3O3S. The van der Waals surface area contributed by atoms with Crippen LogP contribution in [0.2, 0.25) is 0 Å². The fraction of sp³-hybridized carbons (Fsp3) is 0.263. The van der Waals surface area contributed by atoms with Crippen LogP contribution < -0.4 is 10.0 Å². The zero-order chi connectivity index (χ0) is 18.6. The number of nitriles is 1. The summed E-state index contributed by atoms with van der Waals surface area (Å²) in [5, 5.41) is 11.3. The first-order valence-electron chi connectivity index (χ1n) is 8.39. The van der Waals surface area contributed by atoms with Crippen LogP contribution in [0.4, 0.5) is 5.69 Å². The number of fused-ring (bicyclic) bond motifs is 1. The number of benzene rings is 2. The van der Waals surface area contributed by atoms with E-state index in [9.17, 15) is 13.2 Å². The molecule has 0 heterocycles. The molecule has 0 aliphatic heterocycles. The lowest BCUT2D eigenvalue weighted by Gasteiger charge is -2.09. The molecule has 134 valence electrons. The standard InChI is InChI=1S/C19H19N3O3S/c20-10-3-11-21-26(24,25)18-7-2-6-16(13-18)19(23)22-17-9-8-14-4-1-5-15(14)12-17/h2,6-9,12-13,21H,1,3-5,11H2,(H,22,23). The number of sulfonamides is 1. The van der Waals surface area contributed by atoms with Gasteiger partial charge in [0.25, 0.3) is 5.91 Å². The molecule has 2 aromatic rings. The number of carbonyl (C=O) groups is 1. The fourth-order valence-corrected chi connectivity index (χ4v) is 4.06. The number of aryl methyl sites for hydroxylation is 2. The lowest BCUT2D eigenvalue weighted by Crippen LogP contribution is -2.25. The molecule has 7 heteroatoms. The van der Waals surface area contributed by atoms with Gasteiger partial charge in [0.05, 0.1) is 11.0 Å². The summed E-state index contributed by atoms with van der Waals surface area (Å²) < 4.78 is 26.8. The van der Waals surface area contributed by atoms with E-state index in [4.69, 9.17) is 5.26 Å². The van der Waals surface area contributed by atoms with E-state index >= 15 is 0 Å². The number of anilines is 1. The van der Waals surface area contributed by atoms with Gasteiger partial charge in [-0.1, -0.05) is 12.1 Å². The Morgan fingerprint density at radius 1 is 1.12 bits per heavy atom. The summed E-state index contributed by atoms with van der Waals surface area (Å²) in [6.45, 7) is 0.0321. The number of nitrogens with one attached hydrogen (secondary N) is 2. The molecule has 0 unspecified atom stereocenters. The Labute approximate surface area is 152 Å². The minimum Gasteiger partial charge on any atom is -0.322 e. The van der Waals surface area contributed by atoms with Gasteiger partial charge < -0.3 is 5.32 Å². The maximum absolute atomic E-state index is 12.5. The average Bonchev–Trinajstić information content (AvgIpc) is 3.10. The average molecular weight is 369 g/mol. The van der Waals surface area contributed by atoms with E-state index < -0.39 is 10.0 Å². The van der Waals surface area contributed by atoms with Crippen LogP contribution in [0.1, 0.15) is 34.3 Å². The van der Waals surface area contributed by atoms with Crippen molar-refractivity contribution < 1.29 is 13.2 Å². The Hall–Kier alpha value is -2.69. The van der Waals surface area contributed by atoms with Crippen LogP contribution in [-0.2, 0) is 22.9 Å². The number of carbonyl (C=O) groups excluding carboxylic acids is 1. The van der Waals surface area contributed by atoms with Crippen LogP contribution in [0.5, 0.6) is 0 Å². The normalized spacial score (nSPS) is 13.0. The minimum absolute atomic E-state index is 0.00274. The largest absolute Gasteiger partial charge is 0.322 e. The molecule has 1 amide bonds. The molecule has 1 aliphatic rings. The molecule has 1 aliphatic carbocycles. The van der Waals surface area contributed by atoms with Gasteiger partial charge >= 0.3 is 0 Å². The molecule has 26 heavy (non-hydrogen) atoms. The highest BCUT2D eigenvalue weighted by molar-refractivity contribution is 7.89. The highest BCUT2D eigenvalue weighted by Crippen LogP contribution is 2.25. The zero-order valence-electron chi connectivity index (χ0n) is 14.2. The van der Waals surface area contributed by atoms with E-state index in [0.29, 0.717) is 5.69 Å². The number of amides is 1. The van der Waals surface area contributed by atoms with Crippen molar-refractivity contribution in [2.45, 2.75) is 30.6 Å². The second-order valence-corrected chi connectivity index (χ2v) is 7.89. The van der Waals surface area contributed by atoms with Crippen molar-refractivity contribution in [2.24, 2.45) is 0 Å². The minimum atomic E-state index is -3.75. The second-order valence-electron chi connectivity index (χ2n) is 6.12. The van der Waals surface area contributed by atoms with Crippen LogP contribution in [0.25, 0.3) is 0 Å². The van der Waals surface area contributed by atoms with Crippen molar-refractivity contribution >= 4 is 21.6 Å². The third-order valence-corrected chi connectivity index (χ3v) is 5.75. The molecule has 0 spiro atoms. The van der Waals surface area contributed by atoms with Crippen molar-refractivity contribution in [2.75, 3.05) is 11.9 Å². The first-order valence-corrected chi connectivity index (χ1v) is 9.88. The molecule has 0 saturated carbocycles. The Balaban J connectivity index is 1.75. The molecule has 0 aromatic heterocycles. The molecule has 2 aromatic carbocycles. The van der Waals surface area contributed by atoms with E-state index in [0.717, 1.165) is 19.3 Å². The van der Waals surface area contributed by atoms with Crippen LogP contribution in [0.3, 0.4) is 0 Å². The fourth-order valence-electron chi connectivity index (χ4n) is 2.98.